The molecule has 1 saturated carbocycles. The van der Waals surface area contributed by atoms with E-state index in [1.54, 1.807) is 0 Å². The Labute approximate surface area is 147 Å². The quantitative estimate of drug-likeness (QED) is 0.546. The van der Waals surface area contributed by atoms with E-state index in [1.807, 2.05) is 6.92 Å². The first-order valence-electron chi connectivity index (χ1n) is 9.12. The summed E-state index contributed by atoms with van der Waals surface area (Å²) in [4.78, 5) is 14.5. The summed E-state index contributed by atoms with van der Waals surface area (Å²) in [5.41, 5.74) is 0. The number of amides is 1. The molecule has 1 saturated heterocycles. The number of nitrogens with one attached hydrogen (secondary N) is 2. The van der Waals surface area contributed by atoms with Gasteiger partial charge in [-0.1, -0.05) is 25.7 Å². The summed E-state index contributed by atoms with van der Waals surface area (Å²) in [7, 11) is 0. The number of carbonyl (C=O) groups is 1. The van der Waals surface area contributed by atoms with E-state index in [-0.39, 0.29) is 30.5 Å². The molecule has 0 bridgehead atoms. The molecule has 0 aromatic heterocycles. The first kappa shape index (κ1) is 20.7. The Morgan fingerprint density at radius 1 is 1.22 bits per heavy atom. The Kier molecular flexibility index (Phi) is 10.9. The fraction of sp³-hybridized carbons (Fsp3) is 0.941. The molecule has 2 aliphatic rings. The van der Waals surface area contributed by atoms with Gasteiger partial charge in [-0.25, -0.2) is 0 Å². The number of halogens is 1. The highest BCUT2D eigenvalue weighted by Gasteiger charge is 2.20. The summed E-state index contributed by atoms with van der Waals surface area (Å²) in [6.45, 7) is 8.11. The number of rotatable bonds is 7. The molecular weight excluding hydrogens is 314 g/mol. The lowest BCUT2D eigenvalue weighted by molar-refractivity contribution is -0.135. The van der Waals surface area contributed by atoms with E-state index < -0.39 is 0 Å². The van der Waals surface area contributed by atoms with Gasteiger partial charge in [-0.3, -0.25) is 4.79 Å². The summed E-state index contributed by atoms with van der Waals surface area (Å²) in [6, 6.07) is 0. The molecule has 1 unspecified atom stereocenters. The van der Waals surface area contributed by atoms with Crippen molar-refractivity contribution in [1.82, 2.24) is 15.5 Å². The van der Waals surface area contributed by atoms with Crippen molar-refractivity contribution in [3.8, 4) is 0 Å². The molecule has 1 aliphatic heterocycles. The van der Waals surface area contributed by atoms with E-state index >= 15 is 0 Å². The topological polar surface area (TPSA) is 53.6 Å². The van der Waals surface area contributed by atoms with Crippen LogP contribution in [0.1, 0.15) is 51.9 Å². The summed E-state index contributed by atoms with van der Waals surface area (Å²) in [5.74, 6) is 0.0459. The summed E-state index contributed by atoms with van der Waals surface area (Å²) in [5, 5.41) is 6.37. The number of hydrogen-bond donors (Lipinski definition) is 2. The van der Waals surface area contributed by atoms with Gasteiger partial charge >= 0.3 is 0 Å². The smallest absolute Gasteiger partial charge is 0.248 e. The summed E-state index contributed by atoms with van der Waals surface area (Å²) in [6.07, 6.45) is 8.31. The van der Waals surface area contributed by atoms with Crippen LogP contribution in [0, 0.1) is 0 Å². The zero-order valence-corrected chi connectivity index (χ0v) is 15.3. The Morgan fingerprint density at radius 2 is 1.87 bits per heavy atom. The van der Waals surface area contributed by atoms with Crippen LogP contribution in [0.4, 0.5) is 0 Å². The van der Waals surface area contributed by atoms with Crippen molar-refractivity contribution in [2.45, 2.75) is 64.1 Å². The van der Waals surface area contributed by atoms with E-state index in [2.05, 4.69) is 15.5 Å². The number of ether oxygens (including phenoxy) is 1. The van der Waals surface area contributed by atoms with Crippen LogP contribution < -0.4 is 10.6 Å². The van der Waals surface area contributed by atoms with Gasteiger partial charge in [0.1, 0.15) is 6.10 Å². The summed E-state index contributed by atoms with van der Waals surface area (Å²) >= 11 is 0. The fourth-order valence-corrected chi connectivity index (χ4v) is 3.32. The molecule has 23 heavy (non-hydrogen) atoms. The first-order chi connectivity index (χ1) is 10.8. The minimum atomic E-state index is -0.317. The average Bonchev–Trinajstić information content (AvgIpc) is 2.81. The van der Waals surface area contributed by atoms with Crippen LogP contribution in [0.5, 0.6) is 0 Å². The standard InChI is InChI=1S/C17H33N3O2.ClH/c1-15(22-16-7-4-2-3-5-8-16)17(21)19-9-6-12-20-13-10-18-11-14-20;/h15-16,18H,2-14H2,1H3,(H,19,21);1H. The third-order valence-electron chi connectivity index (χ3n) is 4.73. The largest absolute Gasteiger partial charge is 0.365 e. The predicted octanol–water partition coefficient (Wildman–Crippen LogP) is 1.95. The normalized spacial score (nSPS) is 22.0. The minimum Gasteiger partial charge on any atom is -0.365 e. The molecule has 1 aliphatic carbocycles. The zero-order valence-electron chi connectivity index (χ0n) is 14.5. The van der Waals surface area contributed by atoms with Gasteiger partial charge in [0.25, 0.3) is 0 Å². The molecule has 2 rings (SSSR count). The van der Waals surface area contributed by atoms with Crippen molar-refractivity contribution in [2.24, 2.45) is 0 Å². The Balaban J connectivity index is 0.00000264. The molecule has 2 fully saturated rings. The number of carbonyl (C=O) groups excluding carboxylic acids is 1. The minimum absolute atomic E-state index is 0. The van der Waals surface area contributed by atoms with Crippen LogP contribution in [0.15, 0.2) is 0 Å². The first-order valence-corrected chi connectivity index (χ1v) is 9.12. The molecule has 1 heterocycles. The molecule has 0 radical (unpaired) electrons. The SMILES string of the molecule is CC(OC1CCCCCC1)C(=O)NCCCN1CCNCC1.Cl. The van der Waals surface area contributed by atoms with E-state index in [1.165, 1.54) is 25.7 Å². The lowest BCUT2D eigenvalue weighted by atomic mass is 10.1. The third-order valence-corrected chi connectivity index (χ3v) is 4.73. The number of piperazine rings is 1. The molecule has 2 N–H and O–H groups in total. The van der Waals surface area contributed by atoms with Crippen molar-refractivity contribution in [1.29, 1.82) is 0 Å². The molecule has 136 valence electrons. The van der Waals surface area contributed by atoms with Gasteiger partial charge in [-0.2, -0.15) is 0 Å². The van der Waals surface area contributed by atoms with Gasteiger partial charge in [0.15, 0.2) is 0 Å². The van der Waals surface area contributed by atoms with Gasteiger partial charge in [0.2, 0.25) is 5.91 Å². The molecule has 0 aromatic carbocycles. The van der Waals surface area contributed by atoms with Crippen molar-refractivity contribution < 1.29 is 9.53 Å². The van der Waals surface area contributed by atoms with Gasteiger partial charge in [-0.05, 0) is 32.7 Å². The Hall–Kier alpha value is -0.360. The molecular formula is C17H34ClN3O2. The molecule has 0 spiro atoms. The van der Waals surface area contributed by atoms with E-state index in [0.717, 1.165) is 58.5 Å². The second-order valence-electron chi connectivity index (χ2n) is 6.63. The highest BCUT2D eigenvalue weighted by atomic mass is 35.5. The molecule has 1 amide bonds. The highest BCUT2D eigenvalue weighted by molar-refractivity contribution is 5.85. The lowest BCUT2D eigenvalue weighted by Crippen LogP contribution is -2.44. The zero-order chi connectivity index (χ0) is 15.6. The van der Waals surface area contributed by atoms with Crippen LogP contribution >= 0.6 is 12.4 Å². The summed E-state index contributed by atoms with van der Waals surface area (Å²) < 4.78 is 5.95. The van der Waals surface area contributed by atoms with Crippen molar-refractivity contribution >= 4 is 18.3 Å². The molecule has 6 heteroatoms. The maximum absolute atomic E-state index is 12.1. The molecule has 1 atom stereocenters. The Morgan fingerprint density at radius 3 is 2.52 bits per heavy atom. The number of hydrogen-bond acceptors (Lipinski definition) is 4. The number of nitrogens with zero attached hydrogens (tertiary/aromatic N) is 1. The van der Waals surface area contributed by atoms with E-state index in [0.29, 0.717) is 0 Å². The lowest BCUT2D eigenvalue weighted by Gasteiger charge is -2.27. The monoisotopic (exact) mass is 347 g/mol. The second kappa shape index (κ2) is 12.1. The van der Waals surface area contributed by atoms with Crippen molar-refractivity contribution in [2.75, 3.05) is 39.3 Å². The van der Waals surface area contributed by atoms with Gasteiger partial charge in [0.05, 0.1) is 6.10 Å². The maximum Gasteiger partial charge on any atom is 0.248 e. The van der Waals surface area contributed by atoms with E-state index in [9.17, 15) is 4.79 Å². The van der Waals surface area contributed by atoms with Crippen LogP contribution in [0.3, 0.4) is 0 Å². The highest BCUT2D eigenvalue weighted by Crippen LogP contribution is 2.20. The second-order valence-corrected chi connectivity index (χ2v) is 6.63. The van der Waals surface area contributed by atoms with Gasteiger partial charge in [-0.15, -0.1) is 12.4 Å². The van der Waals surface area contributed by atoms with Gasteiger partial charge in [0, 0.05) is 32.7 Å². The van der Waals surface area contributed by atoms with Crippen LogP contribution in [0.2, 0.25) is 0 Å². The maximum atomic E-state index is 12.1. The third kappa shape index (κ3) is 8.34. The fourth-order valence-electron chi connectivity index (χ4n) is 3.32. The van der Waals surface area contributed by atoms with Crippen LogP contribution in [-0.4, -0.2) is 62.3 Å². The van der Waals surface area contributed by atoms with Gasteiger partial charge < -0.3 is 20.3 Å². The van der Waals surface area contributed by atoms with E-state index in [4.69, 9.17) is 4.74 Å². The average molecular weight is 348 g/mol. The van der Waals surface area contributed by atoms with Crippen molar-refractivity contribution in [3.63, 3.8) is 0 Å². The Bertz CT molecular complexity index is 317. The van der Waals surface area contributed by atoms with Crippen LogP contribution in [-0.2, 0) is 9.53 Å². The van der Waals surface area contributed by atoms with Crippen LogP contribution in [0.25, 0.3) is 0 Å². The molecule has 0 aromatic rings. The predicted molar refractivity (Wildman–Crippen MR) is 96.2 cm³/mol. The molecule has 5 nitrogen and oxygen atoms in total. The van der Waals surface area contributed by atoms with Crippen molar-refractivity contribution in [3.05, 3.63) is 0 Å².